The molecule has 1 N–H and O–H groups in total. The predicted octanol–water partition coefficient (Wildman–Crippen LogP) is 6.66. The van der Waals surface area contributed by atoms with Gasteiger partial charge in [0.1, 0.15) is 5.75 Å². The molecule has 1 unspecified atom stereocenters. The molecular formula is C20H16Cl3F3N4O2S. The first-order valence-corrected chi connectivity index (χ1v) is 11.4. The summed E-state index contributed by atoms with van der Waals surface area (Å²) in [4.78, 5) is 12.3. The maximum absolute atomic E-state index is 12.9. The number of carbonyl (C=O) groups is 1. The van der Waals surface area contributed by atoms with E-state index in [2.05, 4.69) is 15.5 Å². The zero-order chi connectivity index (χ0) is 24.3. The van der Waals surface area contributed by atoms with Gasteiger partial charge in [0.05, 0.1) is 27.0 Å². The second kappa shape index (κ2) is 10.4. The van der Waals surface area contributed by atoms with Crippen molar-refractivity contribution in [2.75, 3.05) is 11.1 Å². The number of thioether (sulfide) groups is 1. The Morgan fingerprint density at radius 2 is 1.88 bits per heavy atom. The van der Waals surface area contributed by atoms with E-state index in [0.717, 1.165) is 30.0 Å². The van der Waals surface area contributed by atoms with Crippen molar-refractivity contribution in [1.82, 2.24) is 14.8 Å². The van der Waals surface area contributed by atoms with Crippen LogP contribution in [0, 0.1) is 0 Å². The van der Waals surface area contributed by atoms with E-state index < -0.39 is 23.8 Å². The van der Waals surface area contributed by atoms with Gasteiger partial charge in [-0.1, -0.05) is 46.6 Å². The molecule has 1 aromatic heterocycles. The minimum atomic E-state index is -4.55. The van der Waals surface area contributed by atoms with Gasteiger partial charge in [-0.15, -0.1) is 10.2 Å². The normalized spacial score (nSPS) is 12.5. The Labute approximate surface area is 206 Å². The molecule has 2 aromatic carbocycles. The van der Waals surface area contributed by atoms with Crippen molar-refractivity contribution in [3.05, 3.63) is 62.9 Å². The number of hydrogen-bond donors (Lipinski definition) is 1. The van der Waals surface area contributed by atoms with E-state index in [1.54, 1.807) is 36.7 Å². The van der Waals surface area contributed by atoms with Crippen LogP contribution in [0.1, 0.15) is 24.4 Å². The van der Waals surface area contributed by atoms with Crippen molar-refractivity contribution in [3.8, 4) is 5.75 Å². The van der Waals surface area contributed by atoms with Crippen LogP contribution in [0.2, 0.25) is 15.1 Å². The number of anilines is 1. The largest absolute Gasteiger partial charge is 0.481 e. The van der Waals surface area contributed by atoms with E-state index in [0.29, 0.717) is 26.8 Å². The van der Waals surface area contributed by atoms with Gasteiger partial charge < -0.3 is 14.6 Å². The van der Waals surface area contributed by atoms with Crippen molar-refractivity contribution in [2.45, 2.75) is 24.4 Å². The van der Waals surface area contributed by atoms with Gasteiger partial charge >= 0.3 is 6.18 Å². The van der Waals surface area contributed by atoms with Gasteiger partial charge in [0, 0.05) is 12.1 Å². The standard InChI is InChI=1S/C20H16Cl3F3N4O2S/c1-10(32-16-6-4-12(21)8-14(16)23)18-28-29-19(30(18)2)33-9-17(31)27-15-7-11(20(24,25)26)3-5-13(15)22/h3-8,10H,9H2,1-2H3,(H,27,31). The summed E-state index contributed by atoms with van der Waals surface area (Å²) < 4.78 is 46.2. The predicted molar refractivity (Wildman–Crippen MR) is 122 cm³/mol. The van der Waals surface area contributed by atoms with Crippen LogP contribution in [0.5, 0.6) is 5.75 Å². The minimum Gasteiger partial charge on any atom is -0.481 e. The molecular weight excluding hydrogens is 524 g/mol. The molecule has 0 aliphatic heterocycles. The Balaban J connectivity index is 1.63. The first-order chi connectivity index (χ1) is 15.5. The van der Waals surface area contributed by atoms with Crippen LogP contribution >= 0.6 is 46.6 Å². The van der Waals surface area contributed by atoms with Crippen LogP contribution in [-0.4, -0.2) is 26.4 Å². The molecule has 176 valence electrons. The van der Waals surface area contributed by atoms with Crippen molar-refractivity contribution in [3.63, 3.8) is 0 Å². The van der Waals surface area contributed by atoms with Crippen molar-refractivity contribution >= 4 is 58.2 Å². The number of nitrogens with zero attached hydrogens (tertiary/aromatic N) is 3. The summed E-state index contributed by atoms with van der Waals surface area (Å²) in [6.45, 7) is 1.76. The third-order valence-corrected chi connectivity index (χ3v) is 6.21. The summed E-state index contributed by atoms with van der Waals surface area (Å²) in [6.07, 6.45) is -5.07. The number of hydrogen-bond acceptors (Lipinski definition) is 5. The Hall–Kier alpha value is -2.14. The maximum atomic E-state index is 12.9. The fraction of sp³-hybridized carbons (Fsp3) is 0.250. The molecule has 1 atom stereocenters. The van der Waals surface area contributed by atoms with Crippen LogP contribution in [0.3, 0.4) is 0 Å². The lowest BCUT2D eigenvalue weighted by Crippen LogP contribution is -2.16. The summed E-state index contributed by atoms with van der Waals surface area (Å²) >= 11 is 19.0. The van der Waals surface area contributed by atoms with E-state index in [4.69, 9.17) is 39.5 Å². The monoisotopic (exact) mass is 538 g/mol. The molecule has 1 amide bonds. The number of halogens is 6. The number of benzene rings is 2. The first kappa shape index (κ1) is 25.5. The van der Waals surface area contributed by atoms with Crippen LogP contribution < -0.4 is 10.1 Å². The number of amides is 1. The minimum absolute atomic E-state index is 0.00544. The molecule has 3 aromatic rings. The molecule has 0 aliphatic rings. The number of aromatic nitrogens is 3. The average Bonchev–Trinajstić information content (AvgIpc) is 3.10. The number of nitrogens with one attached hydrogen (secondary N) is 1. The molecule has 0 bridgehead atoms. The molecule has 0 saturated heterocycles. The van der Waals surface area contributed by atoms with E-state index in [9.17, 15) is 18.0 Å². The van der Waals surface area contributed by atoms with Crippen molar-refractivity contribution in [1.29, 1.82) is 0 Å². The number of alkyl halides is 3. The molecule has 0 saturated carbocycles. The highest BCUT2D eigenvalue weighted by atomic mass is 35.5. The fourth-order valence-corrected chi connectivity index (χ4v) is 4.07. The van der Waals surface area contributed by atoms with Gasteiger partial charge in [-0.3, -0.25) is 4.79 Å². The molecule has 1 heterocycles. The lowest BCUT2D eigenvalue weighted by molar-refractivity contribution is -0.137. The Kier molecular flexibility index (Phi) is 8.04. The van der Waals surface area contributed by atoms with Gasteiger partial charge in [0.2, 0.25) is 5.91 Å². The van der Waals surface area contributed by atoms with Gasteiger partial charge in [0.25, 0.3) is 0 Å². The fourth-order valence-electron chi connectivity index (χ4n) is 2.73. The van der Waals surface area contributed by atoms with Crippen LogP contribution in [-0.2, 0) is 18.0 Å². The third kappa shape index (κ3) is 6.47. The van der Waals surface area contributed by atoms with Gasteiger partial charge in [0.15, 0.2) is 17.1 Å². The zero-order valence-electron chi connectivity index (χ0n) is 17.1. The molecule has 33 heavy (non-hydrogen) atoms. The Morgan fingerprint density at radius 3 is 2.55 bits per heavy atom. The van der Waals surface area contributed by atoms with Crippen LogP contribution in [0.25, 0.3) is 0 Å². The summed E-state index contributed by atoms with van der Waals surface area (Å²) in [7, 11) is 1.70. The summed E-state index contributed by atoms with van der Waals surface area (Å²) in [5.41, 5.74) is -1.04. The molecule has 0 aliphatic carbocycles. The summed E-state index contributed by atoms with van der Waals surface area (Å²) in [6, 6.07) is 7.54. The number of ether oxygens (including phenoxy) is 1. The highest BCUT2D eigenvalue weighted by molar-refractivity contribution is 7.99. The smallest absolute Gasteiger partial charge is 0.416 e. The van der Waals surface area contributed by atoms with E-state index >= 15 is 0 Å². The van der Waals surface area contributed by atoms with Gasteiger partial charge in [-0.2, -0.15) is 13.2 Å². The lowest BCUT2D eigenvalue weighted by atomic mass is 10.2. The van der Waals surface area contributed by atoms with Crippen LogP contribution in [0.15, 0.2) is 41.6 Å². The number of carbonyl (C=O) groups excluding carboxylic acids is 1. The SMILES string of the molecule is CC(Oc1ccc(Cl)cc1Cl)c1nnc(SCC(=O)Nc2cc(C(F)(F)F)ccc2Cl)n1C. The number of rotatable bonds is 7. The lowest BCUT2D eigenvalue weighted by Gasteiger charge is -2.15. The van der Waals surface area contributed by atoms with Crippen LogP contribution in [0.4, 0.5) is 18.9 Å². The zero-order valence-corrected chi connectivity index (χ0v) is 20.2. The highest BCUT2D eigenvalue weighted by Gasteiger charge is 2.31. The summed E-state index contributed by atoms with van der Waals surface area (Å²) in [5.74, 6) is 0.215. The molecule has 3 rings (SSSR count). The Morgan fingerprint density at radius 1 is 1.15 bits per heavy atom. The molecule has 13 heteroatoms. The first-order valence-electron chi connectivity index (χ1n) is 9.26. The van der Waals surface area contributed by atoms with E-state index in [1.165, 1.54) is 0 Å². The van der Waals surface area contributed by atoms with Crippen molar-refractivity contribution < 1.29 is 22.7 Å². The second-order valence-electron chi connectivity index (χ2n) is 6.76. The second-order valence-corrected chi connectivity index (χ2v) is 8.96. The van der Waals surface area contributed by atoms with E-state index in [1.807, 2.05) is 0 Å². The van der Waals surface area contributed by atoms with Crippen molar-refractivity contribution in [2.24, 2.45) is 7.05 Å². The summed E-state index contributed by atoms with van der Waals surface area (Å²) in [5, 5.41) is 11.7. The van der Waals surface area contributed by atoms with Gasteiger partial charge in [-0.05, 0) is 43.3 Å². The van der Waals surface area contributed by atoms with E-state index in [-0.39, 0.29) is 16.5 Å². The topological polar surface area (TPSA) is 69.0 Å². The maximum Gasteiger partial charge on any atom is 0.416 e. The average molecular weight is 540 g/mol. The highest BCUT2D eigenvalue weighted by Crippen LogP contribution is 2.34. The quantitative estimate of drug-likeness (QED) is 0.340. The molecule has 0 fully saturated rings. The van der Waals surface area contributed by atoms with Gasteiger partial charge in [-0.25, -0.2) is 0 Å². The molecule has 0 spiro atoms. The third-order valence-electron chi connectivity index (χ3n) is 4.33. The molecule has 6 nitrogen and oxygen atoms in total. The Bertz CT molecular complexity index is 1170. The molecule has 0 radical (unpaired) electrons.